The second-order valence-electron chi connectivity index (χ2n) is 3.67. The van der Waals surface area contributed by atoms with Gasteiger partial charge in [0.2, 0.25) is 0 Å². The minimum Gasteiger partial charge on any atom is -0.393 e. The number of rotatable bonds is 6. The SMILES string of the molecule is [N-]=[N+]=NCCC(O)C(O)c1cncc([N+](=O)[O-])c1N. The normalized spacial score (nSPS) is 13.4. The van der Waals surface area contributed by atoms with Crippen LogP contribution in [0.2, 0.25) is 0 Å². The van der Waals surface area contributed by atoms with E-state index in [1.54, 1.807) is 0 Å². The summed E-state index contributed by atoms with van der Waals surface area (Å²) in [6, 6.07) is 0. The maximum absolute atomic E-state index is 10.7. The number of hydrogen-bond acceptors (Lipinski definition) is 7. The summed E-state index contributed by atoms with van der Waals surface area (Å²) >= 11 is 0. The fourth-order valence-electron chi connectivity index (χ4n) is 1.46. The van der Waals surface area contributed by atoms with Crippen molar-refractivity contribution in [2.45, 2.75) is 18.6 Å². The Hall–Kier alpha value is -2.42. The molecule has 0 amide bonds. The van der Waals surface area contributed by atoms with Gasteiger partial charge in [0, 0.05) is 23.2 Å². The largest absolute Gasteiger partial charge is 0.393 e. The third kappa shape index (κ3) is 3.52. The molecule has 0 spiro atoms. The van der Waals surface area contributed by atoms with E-state index < -0.39 is 22.8 Å². The van der Waals surface area contributed by atoms with Crippen molar-refractivity contribution in [3.63, 3.8) is 0 Å². The summed E-state index contributed by atoms with van der Waals surface area (Å²) in [6.07, 6.45) is -0.618. The third-order valence-corrected chi connectivity index (χ3v) is 2.47. The molecule has 1 aromatic rings. The highest BCUT2D eigenvalue weighted by Crippen LogP contribution is 2.30. The first-order valence-corrected chi connectivity index (χ1v) is 5.23. The van der Waals surface area contributed by atoms with Crippen molar-refractivity contribution in [3.8, 4) is 0 Å². The molecule has 1 heterocycles. The quantitative estimate of drug-likeness (QED) is 0.225. The van der Waals surface area contributed by atoms with Crippen LogP contribution in [0.1, 0.15) is 18.1 Å². The fourth-order valence-corrected chi connectivity index (χ4v) is 1.46. The van der Waals surface area contributed by atoms with Crippen LogP contribution in [-0.4, -0.2) is 32.8 Å². The van der Waals surface area contributed by atoms with Crippen molar-refractivity contribution in [2.24, 2.45) is 5.11 Å². The highest BCUT2D eigenvalue weighted by molar-refractivity contribution is 5.62. The van der Waals surface area contributed by atoms with E-state index in [4.69, 9.17) is 11.3 Å². The van der Waals surface area contributed by atoms with E-state index in [2.05, 4.69) is 15.0 Å². The summed E-state index contributed by atoms with van der Waals surface area (Å²) in [5, 5.41) is 33.4. The molecule has 0 saturated heterocycles. The molecule has 0 fully saturated rings. The molecular weight excluding hydrogens is 256 g/mol. The average Bonchev–Trinajstić information content (AvgIpc) is 2.38. The van der Waals surface area contributed by atoms with E-state index in [0.29, 0.717) is 0 Å². The lowest BCUT2D eigenvalue weighted by Gasteiger charge is -2.18. The number of hydrogen-bond donors (Lipinski definition) is 3. The molecule has 0 radical (unpaired) electrons. The Kier molecular flexibility index (Phi) is 5.01. The molecule has 10 nitrogen and oxygen atoms in total. The van der Waals surface area contributed by atoms with Gasteiger partial charge in [0.25, 0.3) is 0 Å². The Balaban J connectivity index is 2.93. The van der Waals surface area contributed by atoms with Crippen LogP contribution in [0.15, 0.2) is 17.5 Å². The Morgan fingerprint density at radius 1 is 1.58 bits per heavy atom. The Morgan fingerprint density at radius 3 is 2.84 bits per heavy atom. The molecule has 10 heteroatoms. The summed E-state index contributed by atoms with van der Waals surface area (Å²) in [5.74, 6) is 0. The zero-order valence-electron chi connectivity index (χ0n) is 9.75. The standard InChI is InChI=1S/C9H12N6O4/c10-8-5(3-12-4-6(8)15(18)19)9(17)7(16)1-2-13-14-11/h3-4,7,9,16-17H,1-2H2,(H2,10,12). The smallest absolute Gasteiger partial charge is 0.310 e. The molecule has 2 atom stereocenters. The van der Waals surface area contributed by atoms with Crippen molar-refractivity contribution >= 4 is 11.4 Å². The van der Waals surface area contributed by atoms with E-state index >= 15 is 0 Å². The lowest BCUT2D eigenvalue weighted by atomic mass is 10.0. The molecule has 0 saturated carbocycles. The van der Waals surface area contributed by atoms with E-state index in [0.717, 1.165) is 12.4 Å². The third-order valence-electron chi connectivity index (χ3n) is 2.47. The molecule has 0 aliphatic carbocycles. The van der Waals surface area contributed by atoms with Crippen molar-refractivity contribution in [1.82, 2.24) is 4.98 Å². The summed E-state index contributed by atoms with van der Waals surface area (Å²) in [6.45, 7) is -0.0169. The number of aromatic nitrogens is 1. The Morgan fingerprint density at radius 2 is 2.26 bits per heavy atom. The molecule has 0 aliphatic heterocycles. The minimum atomic E-state index is -1.44. The number of anilines is 1. The number of aliphatic hydroxyl groups excluding tert-OH is 2. The highest BCUT2D eigenvalue weighted by Gasteiger charge is 2.25. The molecule has 102 valence electrons. The van der Waals surface area contributed by atoms with Gasteiger partial charge in [-0.3, -0.25) is 15.1 Å². The van der Waals surface area contributed by atoms with Gasteiger partial charge in [0.15, 0.2) is 0 Å². The van der Waals surface area contributed by atoms with Gasteiger partial charge in [0.05, 0.1) is 11.0 Å². The zero-order chi connectivity index (χ0) is 14.4. The molecule has 19 heavy (non-hydrogen) atoms. The Labute approximate surface area is 107 Å². The van der Waals surface area contributed by atoms with Crippen LogP contribution in [0.5, 0.6) is 0 Å². The van der Waals surface area contributed by atoms with Gasteiger partial charge in [-0.2, -0.15) is 0 Å². The van der Waals surface area contributed by atoms with Crippen LogP contribution in [0.3, 0.4) is 0 Å². The molecule has 1 aromatic heterocycles. The van der Waals surface area contributed by atoms with Gasteiger partial charge in [0.1, 0.15) is 18.0 Å². The first-order chi connectivity index (χ1) is 8.99. The van der Waals surface area contributed by atoms with Crippen LogP contribution in [0, 0.1) is 10.1 Å². The fraction of sp³-hybridized carbons (Fsp3) is 0.444. The number of nitrogen functional groups attached to an aromatic ring is 1. The first kappa shape index (κ1) is 14.6. The number of azide groups is 1. The van der Waals surface area contributed by atoms with Gasteiger partial charge < -0.3 is 15.9 Å². The van der Waals surface area contributed by atoms with E-state index in [1.165, 1.54) is 0 Å². The predicted octanol–water partition coefficient (Wildman–Crippen LogP) is 0.667. The van der Waals surface area contributed by atoms with Crippen molar-refractivity contribution in [2.75, 3.05) is 12.3 Å². The summed E-state index contributed by atoms with van der Waals surface area (Å²) in [5.41, 5.74) is 12.9. The molecule has 4 N–H and O–H groups in total. The molecule has 0 aromatic carbocycles. The predicted molar refractivity (Wildman–Crippen MR) is 64.9 cm³/mol. The molecular formula is C9H12N6O4. The highest BCUT2D eigenvalue weighted by atomic mass is 16.6. The molecule has 0 bridgehead atoms. The summed E-state index contributed by atoms with van der Waals surface area (Å²) < 4.78 is 0. The van der Waals surface area contributed by atoms with Crippen molar-refractivity contribution in [1.29, 1.82) is 0 Å². The lowest BCUT2D eigenvalue weighted by Crippen LogP contribution is -2.20. The molecule has 1 rings (SSSR count). The lowest BCUT2D eigenvalue weighted by molar-refractivity contribution is -0.384. The number of pyridine rings is 1. The van der Waals surface area contributed by atoms with Crippen LogP contribution >= 0.6 is 0 Å². The second kappa shape index (κ2) is 6.50. The van der Waals surface area contributed by atoms with Gasteiger partial charge in [-0.25, -0.2) is 0 Å². The van der Waals surface area contributed by atoms with E-state index in [-0.39, 0.29) is 24.2 Å². The average molecular weight is 268 g/mol. The minimum absolute atomic E-state index is 0.00659. The maximum atomic E-state index is 10.7. The van der Waals surface area contributed by atoms with Crippen LogP contribution in [0.25, 0.3) is 10.4 Å². The van der Waals surface area contributed by atoms with Gasteiger partial charge in [-0.15, -0.1) is 0 Å². The van der Waals surface area contributed by atoms with Crippen molar-refractivity contribution < 1.29 is 15.1 Å². The monoisotopic (exact) mass is 268 g/mol. The van der Waals surface area contributed by atoms with Gasteiger partial charge >= 0.3 is 5.69 Å². The second-order valence-corrected chi connectivity index (χ2v) is 3.67. The van der Waals surface area contributed by atoms with Crippen LogP contribution in [-0.2, 0) is 0 Å². The number of nitrogens with two attached hydrogens (primary N) is 1. The molecule has 0 aliphatic rings. The zero-order valence-corrected chi connectivity index (χ0v) is 9.75. The van der Waals surface area contributed by atoms with Crippen molar-refractivity contribution in [3.05, 3.63) is 38.5 Å². The van der Waals surface area contributed by atoms with Gasteiger partial charge in [-0.1, -0.05) is 5.11 Å². The summed E-state index contributed by atoms with van der Waals surface area (Å²) in [4.78, 5) is 16.0. The van der Waals surface area contributed by atoms with Crippen LogP contribution in [0.4, 0.5) is 11.4 Å². The van der Waals surface area contributed by atoms with E-state index in [1.807, 2.05) is 0 Å². The molecule has 2 unspecified atom stereocenters. The number of nitrogens with zero attached hydrogens (tertiary/aromatic N) is 5. The summed E-state index contributed by atoms with van der Waals surface area (Å²) in [7, 11) is 0. The number of aliphatic hydroxyl groups is 2. The maximum Gasteiger partial charge on any atom is 0.310 e. The van der Waals surface area contributed by atoms with Crippen LogP contribution < -0.4 is 5.73 Å². The Bertz CT molecular complexity index is 515. The first-order valence-electron chi connectivity index (χ1n) is 5.23. The number of nitro groups is 1. The van der Waals surface area contributed by atoms with E-state index in [9.17, 15) is 20.3 Å². The van der Waals surface area contributed by atoms with Gasteiger partial charge in [-0.05, 0) is 12.0 Å². The topological polar surface area (TPSA) is 171 Å².